The molecule has 3 N–H and O–H groups in total. The van der Waals surface area contributed by atoms with Crippen LogP contribution < -0.4 is 15.8 Å². The molecule has 1 heterocycles. The first-order chi connectivity index (χ1) is 12.1. The maximum atomic E-state index is 12.3. The number of nitrogens with one attached hydrogen (secondary N) is 1. The van der Waals surface area contributed by atoms with Gasteiger partial charge in [-0.15, -0.1) is 0 Å². The lowest BCUT2D eigenvalue weighted by Crippen LogP contribution is -2.29. The Kier molecular flexibility index (Phi) is 5.91. The molecule has 0 aromatic heterocycles. The van der Waals surface area contributed by atoms with Crippen LogP contribution in [0.1, 0.15) is 18.4 Å². The van der Waals surface area contributed by atoms with Crippen LogP contribution in [0.2, 0.25) is 5.02 Å². The maximum Gasteiger partial charge on any atom is 0.253 e. The lowest BCUT2D eigenvalue weighted by Gasteiger charge is -2.13. The molecular formula is C19H21ClN2O3. The van der Waals surface area contributed by atoms with Crippen LogP contribution in [0.3, 0.4) is 0 Å². The summed E-state index contributed by atoms with van der Waals surface area (Å²) in [5.41, 5.74) is 7.28. The van der Waals surface area contributed by atoms with Crippen molar-refractivity contribution in [2.45, 2.75) is 31.7 Å². The van der Waals surface area contributed by atoms with E-state index in [0.29, 0.717) is 36.0 Å². The van der Waals surface area contributed by atoms with Gasteiger partial charge in [0.25, 0.3) is 5.91 Å². The minimum Gasteiger partial charge on any atom is -0.489 e. The third kappa shape index (κ3) is 4.95. The van der Waals surface area contributed by atoms with Crippen LogP contribution >= 0.6 is 11.6 Å². The summed E-state index contributed by atoms with van der Waals surface area (Å²) in [6, 6.07) is 14.8. The Hall–Kier alpha value is -2.08. The molecule has 0 spiro atoms. The highest BCUT2D eigenvalue weighted by molar-refractivity contribution is 6.30. The molecule has 5 nitrogen and oxygen atoms in total. The number of benzene rings is 2. The fraction of sp³-hybridized carbons (Fsp3) is 0.316. The van der Waals surface area contributed by atoms with Crippen LogP contribution in [0.4, 0.5) is 5.69 Å². The van der Waals surface area contributed by atoms with Gasteiger partial charge in [-0.05, 0) is 42.7 Å². The summed E-state index contributed by atoms with van der Waals surface area (Å²) in [7, 11) is 0. The van der Waals surface area contributed by atoms with E-state index >= 15 is 0 Å². The zero-order valence-corrected chi connectivity index (χ0v) is 14.5. The monoisotopic (exact) mass is 360 g/mol. The summed E-state index contributed by atoms with van der Waals surface area (Å²) in [6.45, 7) is 0.871. The first kappa shape index (κ1) is 17.7. The highest BCUT2D eigenvalue weighted by Gasteiger charge is 2.29. The number of carbonyl (C=O) groups excluding carboxylic acids is 1. The molecule has 0 bridgehead atoms. The van der Waals surface area contributed by atoms with Gasteiger partial charge in [0.15, 0.2) is 0 Å². The second-order valence-electron chi connectivity index (χ2n) is 5.99. The molecule has 1 aliphatic rings. The van der Waals surface area contributed by atoms with Gasteiger partial charge < -0.3 is 20.5 Å². The number of rotatable bonds is 6. The van der Waals surface area contributed by atoms with Gasteiger partial charge >= 0.3 is 0 Å². The molecule has 0 aliphatic carbocycles. The predicted molar refractivity (Wildman–Crippen MR) is 97.8 cm³/mol. The summed E-state index contributed by atoms with van der Waals surface area (Å²) < 4.78 is 11.4. The molecule has 25 heavy (non-hydrogen) atoms. The highest BCUT2D eigenvalue weighted by Crippen LogP contribution is 2.23. The molecule has 0 radical (unpaired) electrons. The summed E-state index contributed by atoms with van der Waals surface area (Å²) >= 11 is 5.87. The third-order valence-corrected chi connectivity index (χ3v) is 4.34. The second kappa shape index (κ2) is 8.34. The van der Waals surface area contributed by atoms with Crippen LogP contribution in [0, 0.1) is 0 Å². The van der Waals surface area contributed by atoms with E-state index in [2.05, 4.69) is 5.32 Å². The van der Waals surface area contributed by atoms with Crippen LogP contribution in [0.25, 0.3) is 0 Å². The lowest BCUT2D eigenvalue weighted by molar-refractivity contribution is -0.126. The Labute approximate surface area is 152 Å². The zero-order valence-electron chi connectivity index (χ0n) is 13.8. The molecule has 0 saturated carbocycles. The lowest BCUT2D eigenvalue weighted by atomic mass is 10.2. The van der Waals surface area contributed by atoms with E-state index in [-0.39, 0.29) is 12.0 Å². The number of ether oxygens (including phenoxy) is 2. The van der Waals surface area contributed by atoms with Crippen LogP contribution in [0.15, 0.2) is 48.5 Å². The number of carbonyl (C=O) groups is 1. The van der Waals surface area contributed by atoms with Gasteiger partial charge in [-0.25, -0.2) is 0 Å². The number of halogens is 1. The molecule has 2 aromatic carbocycles. The highest BCUT2D eigenvalue weighted by atomic mass is 35.5. The van der Waals surface area contributed by atoms with Crippen molar-refractivity contribution in [3.05, 3.63) is 59.1 Å². The molecule has 1 saturated heterocycles. The summed E-state index contributed by atoms with van der Waals surface area (Å²) in [5.74, 6) is 0.533. The summed E-state index contributed by atoms with van der Waals surface area (Å²) in [6.07, 6.45) is 1.05. The van der Waals surface area contributed by atoms with E-state index < -0.39 is 6.10 Å². The Morgan fingerprint density at radius 2 is 2.04 bits per heavy atom. The number of hydrogen-bond donors (Lipinski definition) is 2. The Balaban J connectivity index is 1.56. The maximum absolute atomic E-state index is 12.3. The first-order valence-electron chi connectivity index (χ1n) is 8.28. The average molecular weight is 361 g/mol. The van der Waals surface area contributed by atoms with Gasteiger partial charge in [0.2, 0.25) is 0 Å². The van der Waals surface area contributed by atoms with Crippen molar-refractivity contribution >= 4 is 23.2 Å². The molecular weight excluding hydrogens is 340 g/mol. The molecule has 0 unspecified atom stereocenters. The van der Waals surface area contributed by atoms with Crippen LogP contribution in [-0.4, -0.2) is 24.7 Å². The molecule has 6 heteroatoms. The van der Waals surface area contributed by atoms with Crippen molar-refractivity contribution in [1.82, 2.24) is 0 Å². The smallest absolute Gasteiger partial charge is 0.253 e. The Morgan fingerprint density at radius 1 is 1.24 bits per heavy atom. The summed E-state index contributed by atoms with van der Waals surface area (Å²) in [4.78, 5) is 12.3. The molecule has 2 aromatic rings. The number of nitrogens with two attached hydrogens (primary N) is 1. The van der Waals surface area contributed by atoms with Crippen molar-refractivity contribution in [3.8, 4) is 5.75 Å². The molecule has 1 amide bonds. The number of anilines is 1. The summed E-state index contributed by atoms with van der Waals surface area (Å²) in [5, 5.41) is 3.57. The van der Waals surface area contributed by atoms with Crippen LogP contribution in [-0.2, 0) is 16.1 Å². The van der Waals surface area contributed by atoms with Gasteiger partial charge in [-0.1, -0.05) is 29.8 Å². The average Bonchev–Trinajstić information content (AvgIpc) is 3.11. The number of hydrogen-bond acceptors (Lipinski definition) is 4. The van der Waals surface area contributed by atoms with Crippen molar-refractivity contribution in [3.63, 3.8) is 0 Å². The zero-order chi connectivity index (χ0) is 17.6. The van der Waals surface area contributed by atoms with Gasteiger partial charge in [-0.2, -0.15) is 0 Å². The van der Waals surface area contributed by atoms with E-state index in [1.807, 2.05) is 42.5 Å². The topological polar surface area (TPSA) is 73.6 Å². The Morgan fingerprint density at radius 3 is 2.76 bits per heavy atom. The van der Waals surface area contributed by atoms with E-state index in [9.17, 15) is 4.79 Å². The van der Waals surface area contributed by atoms with Crippen molar-refractivity contribution in [1.29, 1.82) is 0 Å². The van der Waals surface area contributed by atoms with Gasteiger partial charge in [0.1, 0.15) is 18.5 Å². The predicted octanol–water partition coefficient (Wildman–Crippen LogP) is 3.36. The molecule has 1 aliphatic heterocycles. The molecule has 3 rings (SSSR count). The Bertz CT molecular complexity index is 721. The van der Waals surface area contributed by atoms with Gasteiger partial charge in [0.05, 0.1) is 6.10 Å². The van der Waals surface area contributed by atoms with Gasteiger partial charge in [-0.3, -0.25) is 4.79 Å². The van der Waals surface area contributed by atoms with Crippen molar-refractivity contribution < 1.29 is 14.3 Å². The largest absolute Gasteiger partial charge is 0.489 e. The van der Waals surface area contributed by atoms with Crippen LogP contribution in [0.5, 0.6) is 5.75 Å². The molecule has 1 fully saturated rings. The van der Waals surface area contributed by atoms with Crippen molar-refractivity contribution in [2.75, 3.05) is 11.9 Å². The minimum absolute atomic E-state index is 0.0233. The van der Waals surface area contributed by atoms with Crippen molar-refractivity contribution in [2.24, 2.45) is 5.73 Å². The first-order valence-corrected chi connectivity index (χ1v) is 8.65. The fourth-order valence-corrected chi connectivity index (χ4v) is 2.83. The van der Waals surface area contributed by atoms with E-state index in [1.165, 1.54) is 0 Å². The van der Waals surface area contributed by atoms with E-state index in [4.69, 9.17) is 26.8 Å². The third-order valence-electron chi connectivity index (χ3n) is 4.08. The van der Waals surface area contributed by atoms with E-state index in [0.717, 1.165) is 12.0 Å². The SMILES string of the molecule is NC[C@H]1CC[C@@H](C(=O)Nc2cccc(OCc3ccc(Cl)cc3)c2)O1. The standard InChI is InChI=1S/C19H21ClN2O3/c20-14-6-4-13(5-7-14)12-24-16-3-1-2-15(10-16)22-19(23)18-9-8-17(11-21)25-18/h1-7,10,17-18H,8-9,11-12,21H2,(H,22,23)/t17-,18+/m1/s1. The normalized spacial score (nSPS) is 19.6. The molecule has 2 atom stereocenters. The fourth-order valence-electron chi connectivity index (χ4n) is 2.71. The van der Waals surface area contributed by atoms with E-state index in [1.54, 1.807) is 6.07 Å². The molecule has 132 valence electrons. The minimum atomic E-state index is -0.438. The van der Waals surface area contributed by atoms with Gasteiger partial charge in [0, 0.05) is 23.3 Å². The second-order valence-corrected chi connectivity index (χ2v) is 6.43. The number of amides is 1. The quantitative estimate of drug-likeness (QED) is 0.828.